The number of nitrogens with one attached hydrogen (secondary N) is 1. The van der Waals surface area contributed by atoms with E-state index in [9.17, 15) is 4.79 Å². The number of aromatic amines is 1. The second-order valence-electron chi connectivity index (χ2n) is 4.18. The fraction of sp³-hybridized carbons (Fsp3) is 0.357. The van der Waals surface area contributed by atoms with Gasteiger partial charge < -0.3 is 19.3 Å². The lowest BCUT2D eigenvalue weighted by molar-refractivity contribution is 0.0520. The number of carbonyl (C=O) groups excluding carboxylic acids is 1. The Kier molecular flexibility index (Phi) is 5.31. The molecular weight excluding hydrogens is 290 g/mol. The van der Waals surface area contributed by atoms with Crippen molar-refractivity contribution >= 4 is 5.97 Å². The Hall–Kier alpha value is -2.61. The van der Waals surface area contributed by atoms with Gasteiger partial charge >= 0.3 is 5.97 Å². The van der Waals surface area contributed by atoms with Crippen LogP contribution in [-0.2, 0) is 4.74 Å². The number of hydrogen-bond donors (Lipinski definition) is 2. The largest absolute Gasteiger partial charge is 0.493 e. The van der Waals surface area contributed by atoms with Crippen LogP contribution in [0.2, 0.25) is 0 Å². The number of aromatic nitrogens is 3. The van der Waals surface area contributed by atoms with Crippen LogP contribution < -0.4 is 9.47 Å². The molecule has 0 aliphatic rings. The topological polar surface area (TPSA) is 107 Å². The summed E-state index contributed by atoms with van der Waals surface area (Å²) in [7, 11) is 1.50. The first-order valence-electron chi connectivity index (χ1n) is 6.71. The molecule has 0 aliphatic carbocycles. The molecule has 2 rings (SSSR count). The molecule has 0 fully saturated rings. The van der Waals surface area contributed by atoms with Gasteiger partial charge in [-0.15, -0.1) is 5.10 Å². The van der Waals surface area contributed by atoms with Gasteiger partial charge in [-0.1, -0.05) is 0 Å². The molecule has 2 N–H and O–H groups in total. The van der Waals surface area contributed by atoms with Crippen LogP contribution in [0.4, 0.5) is 0 Å². The van der Waals surface area contributed by atoms with E-state index in [1.165, 1.54) is 7.11 Å². The van der Waals surface area contributed by atoms with Crippen LogP contribution in [0, 0.1) is 0 Å². The summed E-state index contributed by atoms with van der Waals surface area (Å²) in [5.74, 6) is 0.399. The molecule has 0 atom stereocenters. The number of hydrogen-bond acceptors (Lipinski definition) is 7. The Morgan fingerprint density at radius 3 is 2.82 bits per heavy atom. The average molecular weight is 307 g/mol. The lowest BCUT2D eigenvalue weighted by Gasteiger charge is -2.11. The smallest absolute Gasteiger partial charge is 0.361 e. The maximum absolute atomic E-state index is 11.8. The van der Waals surface area contributed by atoms with Gasteiger partial charge in [0.05, 0.1) is 20.3 Å². The van der Waals surface area contributed by atoms with Crippen molar-refractivity contribution in [3.8, 4) is 22.8 Å². The molecule has 0 amide bonds. The third kappa shape index (κ3) is 3.34. The summed E-state index contributed by atoms with van der Waals surface area (Å²) in [5, 5.41) is 19.0. The monoisotopic (exact) mass is 307 g/mol. The highest BCUT2D eigenvalue weighted by Crippen LogP contribution is 2.32. The van der Waals surface area contributed by atoms with Crippen LogP contribution in [-0.4, -0.2) is 53.4 Å². The van der Waals surface area contributed by atoms with Crippen molar-refractivity contribution in [2.75, 3.05) is 26.9 Å². The number of benzene rings is 1. The van der Waals surface area contributed by atoms with Gasteiger partial charge in [0.1, 0.15) is 12.3 Å². The summed E-state index contributed by atoms with van der Waals surface area (Å²) in [5.41, 5.74) is 1.10. The van der Waals surface area contributed by atoms with Crippen LogP contribution in [0.25, 0.3) is 11.3 Å². The molecule has 8 nitrogen and oxygen atoms in total. The van der Waals surface area contributed by atoms with Gasteiger partial charge in [0.2, 0.25) is 0 Å². The van der Waals surface area contributed by atoms with Gasteiger partial charge in [0.25, 0.3) is 0 Å². The number of aliphatic hydroxyl groups excluding tert-OH is 1. The number of esters is 1. The number of ether oxygens (including phenoxy) is 3. The van der Waals surface area contributed by atoms with E-state index in [1.54, 1.807) is 25.1 Å². The van der Waals surface area contributed by atoms with Crippen molar-refractivity contribution in [1.82, 2.24) is 15.4 Å². The summed E-state index contributed by atoms with van der Waals surface area (Å²) in [4.78, 5) is 11.8. The number of H-pyrrole nitrogens is 1. The zero-order chi connectivity index (χ0) is 15.9. The highest BCUT2D eigenvalue weighted by atomic mass is 16.5. The van der Waals surface area contributed by atoms with Crippen molar-refractivity contribution < 1.29 is 24.1 Å². The number of nitrogens with zero attached hydrogens (tertiary/aromatic N) is 2. The second kappa shape index (κ2) is 7.41. The first-order chi connectivity index (χ1) is 10.7. The molecule has 0 saturated carbocycles. The number of methoxy groups -OCH3 is 1. The van der Waals surface area contributed by atoms with E-state index in [2.05, 4.69) is 15.4 Å². The van der Waals surface area contributed by atoms with Crippen molar-refractivity contribution in [2.24, 2.45) is 0 Å². The molecule has 22 heavy (non-hydrogen) atoms. The maximum atomic E-state index is 11.8. The van der Waals surface area contributed by atoms with Crippen molar-refractivity contribution in [2.45, 2.75) is 6.92 Å². The summed E-state index contributed by atoms with van der Waals surface area (Å²) in [6.45, 7) is 2.03. The SMILES string of the molecule is CCOC(=O)c1n[nH]nc1-c1ccc(OCCO)c(OC)c1. The summed E-state index contributed by atoms with van der Waals surface area (Å²) < 4.78 is 15.5. The molecule has 0 radical (unpaired) electrons. The van der Waals surface area contributed by atoms with E-state index in [4.69, 9.17) is 19.3 Å². The minimum absolute atomic E-state index is 0.0960. The van der Waals surface area contributed by atoms with E-state index in [0.717, 1.165) is 0 Å². The predicted molar refractivity (Wildman–Crippen MR) is 76.9 cm³/mol. The third-order valence-electron chi connectivity index (χ3n) is 2.80. The second-order valence-corrected chi connectivity index (χ2v) is 4.18. The number of carbonyl (C=O) groups is 1. The first kappa shape index (κ1) is 15.8. The summed E-state index contributed by atoms with van der Waals surface area (Å²) in [6, 6.07) is 5.07. The molecule has 2 aromatic rings. The molecular formula is C14H17N3O5. The normalized spacial score (nSPS) is 10.3. The van der Waals surface area contributed by atoms with E-state index in [0.29, 0.717) is 22.8 Å². The fourth-order valence-electron chi connectivity index (χ4n) is 1.86. The molecule has 8 heteroatoms. The van der Waals surface area contributed by atoms with Gasteiger partial charge in [0, 0.05) is 5.56 Å². The lowest BCUT2D eigenvalue weighted by Crippen LogP contribution is -2.07. The van der Waals surface area contributed by atoms with Crippen molar-refractivity contribution in [1.29, 1.82) is 0 Å². The van der Waals surface area contributed by atoms with E-state index in [-0.39, 0.29) is 25.5 Å². The van der Waals surface area contributed by atoms with Crippen LogP contribution in [0.5, 0.6) is 11.5 Å². The van der Waals surface area contributed by atoms with Gasteiger partial charge in [0.15, 0.2) is 17.2 Å². The Morgan fingerprint density at radius 2 is 2.14 bits per heavy atom. The fourth-order valence-corrected chi connectivity index (χ4v) is 1.86. The van der Waals surface area contributed by atoms with Crippen LogP contribution in [0.3, 0.4) is 0 Å². The predicted octanol–water partition coefficient (Wildman–Crippen LogP) is 1.03. The molecule has 0 aliphatic heterocycles. The minimum atomic E-state index is -0.550. The maximum Gasteiger partial charge on any atom is 0.361 e. The quantitative estimate of drug-likeness (QED) is 0.736. The Bertz CT molecular complexity index is 641. The van der Waals surface area contributed by atoms with Gasteiger partial charge in [-0.2, -0.15) is 10.3 Å². The molecule has 1 heterocycles. The highest BCUT2D eigenvalue weighted by molar-refractivity contribution is 5.94. The van der Waals surface area contributed by atoms with Gasteiger partial charge in [-0.25, -0.2) is 4.79 Å². The zero-order valence-electron chi connectivity index (χ0n) is 12.3. The third-order valence-corrected chi connectivity index (χ3v) is 2.80. The molecule has 1 aromatic heterocycles. The number of aliphatic hydroxyl groups is 1. The zero-order valence-corrected chi connectivity index (χ0v) is 12.3. The minimum Gasteiger partial charge on any atom is -0.493 e. The highest BCUT2D eigenvalue weighted by Gasteiger charge is 2.20. The Balaban J connectivity index is 2.34. The van der Waals surface area contributed by atoms with Gasteiger partial charge in [-0.05, 0) is 25.1 Å². The Labute approximate surface area is 127 Å². The molecule has 1 aromatic carbocycles. The lowest BCUT2D eigenvalue weighted by atomic mass is 10.1. The molecule has 118 valence electrons. The standard InChI is InChI=1S/C14H17N3O5/c1-3-21-14(19)13-12(15-17-16-13)9-4-5-10(22-7-6-18)11(8-9)20-2/h4-5,8,18H,3,6-7H2,1-2H3,(H,15,16,17). The molecule has 0 bridgehead atoms. The van der Waals surface area contributed by atoms with Crippen molar-refractivity contribution in [3.63, 3.8) is 0 Å². The molecule has 0 saturated heterocycles. The first-order valence-corrected chi connectivity index (χ1v) is 6.71. The van der Waals surface area contributed by atoms with Crippen LogP contribution >= 0.6 is 0 Å². The average Bonchev–Trinajstić information content (AvgIpc) is 3.02. The van der Waals surface area contributed by atoms with Gasteiger partial charge in [-0.3, -0.25) is 0 Å². The van der Waals surface area contributed by atoms with E-state index >= 15 is 0 Å². The van der Waals surface area contributed by atoms with E-state index in [1.807, 2.05) is 0 Å². The Morgan fingerprint density at radius 1 is 1.32 bits per heavy atom. The summed E-state index contributed by atoms with van der Waals surface area (Å²) >= 11 is 0. The van der Waals surface area contributed by atoms with Crippen LogP contribution in [0.15, 0.2) is 18.2 Å². The van der Waals surface area contributed by atoms with E-state index < -0.39 is 5.97 Å². The summed E-state index contributed by atoms with van der Waals surface area (Å²) in [6.07, 6.45) is 0. The number of rotatable bonds is 7. The molecule has 0 unspecified atom stereocenters. The molecule has 0 spiro atoms. The van der Waals surface area contributed by atoms with Crippen LogP contribution in [0.1, 0.15) is 17.4 Å². The van der Waals surface area contributed by atoms with Crippen molar-refractivity contribution in [3.05, 3.63) is 23.9 Å².